The number of carbonyl (C=O) groups is 1. The van der Waals surface area contributed by atoms with Crippen LogP contribution in [-0.4, -0.2) is 38.5 Å². The summed E-state index contributed by atoms with van der Waals surface area (Å²) in [5.41, 5.74) is 0.917. The lowest BCUT2D eigenvalue weighted by Crippen LogP contribution is -2.35. The van der Waals surface area contributed by atoms with Gasteiger partial charge in [-0.05, 0) is 32.0 Å². The molecular weight excluding hydrogens is 272 g/mol. The summed E-state index contributed by atoms with van der Waals surface area (Å²) >= 11 is 0. The Morgan fingerprint density at radius 1 is 1.33 bits per heavy atom. The average molecular weight is 292 g/mol. The monoisotopic (exact) mass is 292 g/mol. The second kappa shape index (κ2) is 6.78. The molecule has 0 aromatic heterocycles. The third-order valence-corrected chi connectivity index (χ3v) is 3.69. The maximum atomic E-state index is 11.8. The second-order valence-electron chi connectivity index (χ2n) is 5.19. The Balaban J connectivity index is 1.44. The lowest BCUT2D eigenvalue weighted by Gasteiger charge is -2.22. The summed E-state index contributed by atoms with van der Waals surface area (Å²) in [6.07, 6.45) is 2.12. The minimum absolute atomic E-state index is 0.106. The Bertz CT molecular complexity index is 500. The molecule has 2 N–H and O–H groups in total. The fourth-order valence-corrected chi connectivity index (χ4v) is 2.53. The predicted octanol–water partition coefficient (Wildman–Crippen LogP) is 0.800. The molecule has 2 aliphatic heterocycles. The molecule has 0 saturated carbocycles. The van der Waals surface area contributed by atoms with Gasteiger partial charge in [0.1, 0.15) is 6.61 Å². The van der Waals surface area contributed by atoms with Gasteiger partial charge in [-0.25, -0.2) is 0 Å². The molecule has 1 amide bonds. The lowest BCUT2D eigenvalue weighted by molar-refractivity contribution is -0.128. The van der Waals surface area contributed by atoms with Crippen LogP contribution in [0.3, 0.4) is 0 Å². The molecule has 3 rings (SSSR count). The third kappa shape index (κ3) is 3.65. The van der Waals surface area contributed by atoms with E-state index in [1.165, 1.54) is 0 Å². The van der Waals surface area contributed by atoms with Crippen LogP contribution in [0.1, 0.15) is 18.4 Å². The smallest absolute Gasteiger partial charge is 0.246 e. The minimum atomic E-state index is -0.106. The lowest BCUT2D eigenvalue weighted by atomic mass is 10.1. The summed E-state index contributed by atoms with van der Waals surface area (Å²) in [4.78, 5) is 11.8. The number of rotatable bonds is 5. The van der Waals surface area contributed by atoms with E-state index in [-0.39, 0.29) is 25.4 Å². The summed E-state index contributed by atoms with van der Waals surface area (Å²) < 4.78 is 16.3. The van der Waals surface area contributed by atoms with Crippen LogP contribution in [-0.2, 0) is 16.1 Å². The van der Waals surface area contributed by atoms with E-state index in [1.807, 2.05) is 18.2 Å². The van der Waals surface area contributed by atoms with Gasteiger partial charge in [0.25, 0.3) is 0 Å². The predicted molar refractivity (Wildman–Crippen MR) is 76.3 cm³/mol. The Morgan fingerprint density at radius 3 is 3.05 bits per heavy atom. The zero-order valence-electron chi connectivity index (χ0n) is 11.9. The van der Waals surface area contributed by atoms with Crippen molar-refractivity contribution in [1.82, 2.24) is 10.6 Å². The molecule has 1 aromatic carbocycles. The number of hydrogen-bond acceptors (Lipinski definition) is 5. The van der Waals surface area contributed by atoms with Crippen molar-refractivity contribution in [3.8, 4) is 11.5 Å². The summed E-state index contributed by atoms with van der Waals surface area (Å²) in [5.74, 6) is 1.34. The third-order valence-electron chi connectivity index (χ3n) is 3.69. The van der Waals surface area contributed by atoms with Gasteiger partial charge in [0.05, 0.1) is 6.10 Å². The minimum Gasteiger partial charge on any atom is -0.454 e. The van der Waals surface area contributed by atoms with Crippen molar-refractivity contribution < 1.29 is 19.0 Å². The SMILES string of the molecule is O=C(COC1CCNCC1)NCc1cccc2c1OCO2. The molecule has 1 saturated heterocycles. The summed E-state index contributed by atoms with van der Waals surface area (Å²) in [5, 5.41) is 6.12. The first-order chi connectivity index (χ1) is 10.3. The largest absolute Gasteiger partial charge is 0.454 e. The maximum absolute atomic E-state index is 11.8. The van der Waals surface area contributed by atoms with Crippen molar-refractivity contribution in [2.45, 2.75) is 25.5 Å². The van der Waals surface area contributed by atoms with Gasteiger partial charge in [-0.3, -0.25) is 4.79 Å². The van der Waals surface area contributed by atoms with E-state index in [9.17, 15) is 4.79 Å². The van der Waals surface area contributed by atoms with E-state index in [4.69, 9.17) is 14.2 Å². The molecule has 6 heteroatoms. The van der Waals surface area contributed by atoms with Gasteiger partial charge in [0.2, 0.25) is 12.7 Å². The van der Waals surface area contributed by atoms with Crippen LogP contribution >= 0.6 is 0 Å². The molecular formula is C15H20N2O4. The van der Waals surface area contributed by atoms with Crippen molar-refractivity contribution in [3.05, 3.63) is 23.8 Å². The fourth-order valence-electron chi connectivity index (χ4n) is 2.53. The van der Waals surface area contributed by atoms with Gasteiger partial charge in [-0.2, -0.15) is 0 Å². The standard InChI is InChI=1S/C15H20N2O4/c18-14(9-19-12-4-6-16-7-5-12)17-8-11-2-1-3-13-15(11)21-10-20-13/h1-3,12,16H,4-10H2,(H,17,18). The van der Waals surface area contributed by atoms with E-state index in [2.05, 4.69) is 10.6 Å². The highest BCUT2D eigenvalue weighted by Crippen LogP contribution is 2.35. The Hall–Kier alpha value is -1.79. The molecule has 2 heterocycles. The van der Waals surface area contributed by atoms with E-state index in [0.717, 1.165) is 43.0 Å². The molecule has 0 radical (unpaired) electrons. The maximum Gasteiger partial charge on any atom is 0.246 e. The molecule has 1 aromatic rings. The molecule has 0 atom stereocenters. The van der Waals surface area contributed by atoms with Crippen molar-refractivity contribution >= 4 is 5.91 Å². The number of para-hydroxylation sites is 1. The first kappa shape index (κ1) is 14.2. The summed E-state index contributed by atoms with van der Waals surface area (Å²) in [6.45, 7) is 2.68. The Kier molecular flexibility index (Phi) is 4.57. The normalized spacial score (nSPS) is 17.7. The number of piperidine rings is 1. The van der Waals surface area contributed by atoms with Gasteiger partial charge in [-0.1, -0.05) is 12.1 Å². The van der Waals surface area contributed by atoms with Crippen LogP contribution in [0, 0.1) is 0 Å². The molecule has 0 spiro atoms. The van der Waals surface area contributed by atoms with Crippen LogP contribution in [0.15, 0.2) is 18.2 Å². The summed E-state index contributed by atoms with van der Waals surface area (Å²) in [6, 6.07) is 5.66. The van der Waals surface area contributed by atoms with E-state index in [1.54, 1.807) is 0 Å². The molecule has 114 valence electrons. The molecule has 6 nitrogen and oxygen atoms in total. The second-order valence-corrected chi connectivity index (χ2v) is 5.19. The van der Waals surface area contributed by atoms with E-state index >= 15 is 0 Å². The van der Waals surface area contributed by atoms with Crippen molar-refractivity contribution in [3.63, 3.8) is 0 Å². The topological polar surface area (TPSA) is 68.8 Å². The van der Waals surface area contributed by atoms with Crippen molar-refractivity contribution in [2.24, 2.45) is 0 Å². The van der Waals surface area contributed by atoms with Gasteiger partial charge in [0.15, 0.2) is 11.5 Å². The number of amides is 1. The molecule has 0 bridgehead atoms. The number of carbonyl (C=O) groups excluding carboxylic acids is 1. The molecule has 21 heavy (non-hydrogen) atoms. The molecule has 0 aliphatic carbocycles. The number of fused-ring (bicyclic) bond motifs is 1. The van der Waals surface area contributed by atoms with Gasteiger partial charge in [0, 0.05) is 12.1 Å². The van der Waals surface area contributed by atoms with Gasteiger partial charge in [-0.15, -0.1) is 0 Å². The zero-order chi connectivity index (χ0) is 14.5. The fraction of sp³-hybridized carbons (Fsp3) is 0.533. The average Bonchev–Trinajstić information content (AvgIpc) is 3.01. The van der Waals surface area contributed by atoms with Crippen LogP contribution < -0.4 is 20.1 Å². The number of hydrogen-bond donors (Lipinski definition) is 2. The molecule has 1 fully saturated rings. The Morgan fingerprint density at radius 2 is 2.19 bits per heavy atom. The Labute approximate surface area is 123 Å². The highest BCUT2D eigenvalue weighted by Gasteiger charge is 2.18. The summed E-state index contributed by atoms with van der Waals surface area (Å²) in [7, 11) is 0. The van der Waals surface area contributed by atoms with E-state index < -0.39 is 0 Å². The first-order valence-electron chi connectivity index (χ1n) is 7.29. The van der Waals surface area contributed by atoms with Crippen LogP contribution in [0.25, 0.3) is 0 Å². The number of benzene rings is 1. The first-order valence-corrected chi connectivity index (χ1v) is 7.29. The van der Waals surface area contributed by atoms with Gasteiger partial charge < -0.3 is 24.8 Å². The number of ether oxygens (including phenoxy) is 3. The van der Waals surface area contributed by atoms with E-state index in [0.29, 0.717) is 6.54 Å². The molecule has 2 aliphatic rings. The highest BCUT2D eigenvalue weighted by molar-refractivity contribution is 5.77. The van der Waals surface area contributed by atoms with Crippen molar-refractivity contribution in [2.75, 3.05) is 26.5 Å². The quantitative estimate of drug-likeness (QED) is 0.840. The van der Waals surface area contributed by atoms with Gasteiger partial charge >= 0.3 is 0 Å². The van der Waals surface area contributed by atoms with Crippen LogP contribution in [0.5, 0.6) is 11.5 Å². The van der Waals surface area contributed by atoms with Crippen LogP contribution in [0.4, 0.5) is 0 Å². The highest BCUT2D eigenvalue weighted by atomic mass is 16.7. The molecule has 0 unspecified atom stereocenters. The zero-order valence-corrected chi connectivity index (χ0v) is 11.9. The van der Waals surface area contributed by atoms with Crippen molar-refractivity contribution in [1.29, 1.82) is 0 Å². The van der Waals surface area contributed by atoms with Crippen LogP contribution in [0.2, 0.25) is 0 Å². The number of nitrogens with one attached hydrogen (secondary N) is 2.